The van der Waals surface area contributed by atoms with Crippen LogP contribution in [0.2, 0.25) is 0 Å². The zero-order valence-corrected chi connectivity index (χ0v) is 30.7. The van der Waals surface area contributed by atoms with Crippen LogP contribution in [0.3, 0.4) is 0 Å². The number of piperidine rings is 2. The van der Waals surface area contributed by atoms with Crippen molar-refractivity contribution in [3.05, 3.63) is 82.9 Å². The van der Waals surface area contributed by atoms with Gasteiger partial charge < -0.3 is 9.80 Å². The number of amides is 4. The number of carbonyl (C=O) groups excluding carboxylic acids is 4. The molecule has 0 radical (unpaired) electrons. The van der Waals surface area contributed by atoms with Crippen LogP contribution >= 0.6 is 0 Å². The van der Waals surface area contributed by atoms with E-state index in [1.807, 2.05) is 93.4 Å². The quantitative estimate of drug-likeness (QED) is 0.150. The third-order valence-electron chi connectivity index (χ3n) is 11.9. The van der Waals surface area contributed by atoms with Crippen LogP contribution in [0.15, 0.2) is 60.7 Å². The van der Waals surface area contributed by atoms with Gasteiger partial charge in [-0.05, 0) is 102 Å². The maximum atomic E-state index is 14.2. The highest BCUT2D eigenvalue weighted by molar-refractivity contribution is 6.28. The summed E-state index contributed by atoms with van der Waals surface area (Å²) < 4.78 is 0. The molecular formula is C42H48N6O4. The van der Waals surface area contributed by atoms with Crippen molar-refractivity contribution in [3.63, 3.8) is 0 Å². The van der Waals surface area contributed by atoms with Crippen LogP contribution in [-0.4, -0.2) is 90.1 Å². The minimum Gasteiger partial charge on any atom is -0.371 e. The first kappa shape index (κ1) is 34.3. The van der Waals surface area contributed by atoms with E-state index in [1.165, 1.54) is 22.6 Å². The molecule has 270 valence electrons. The first-order valence-electron chi connectivity index (χ1n) is 19.1. The molecule has 4 aliphatic heterocycles. The maximum Gasteiger partial charge on any atom is 0.262 e. The molecule has 0 aliphatic carbocycles. The highest BCUT2D eigenvalue weighted by Gasteiger charge is 2.41. The predicted octanol–water partition coefficient (Wildman–Crippen LogP) is 6.82. The SMILES string of the molecule is CCC(NC(C)N1C(=O)c2cccc3c(N4CCCCC4)ccc(c23)C1=O)N(C)C(C)N1C(=O)c2cccc3c(N4CCCCC4)ccc(c23)C1=O. The molecule has 0 aromatic heterocycles. The van der Waals surface area contributed by atoms with Gasteiger partial charge in [0.15, 0.2) is 0 Å². The number of carbonyl (C=O) groups is 4. The first-order valence-corrected chi connectivity index (χ1v) is 19.1. The van der Waals surface area contributed by atoms with Crippen LogP contribution < -0.4 is 15.1 Å². The minimum atomic E-state index is -0.666. The Balaban J connectivity index is 1.03. The molecule has 2 saturated heterocycles. The lowest BCUT2D eigenvalue weighted by atomic mass is 9.92. The molecule has 0 saturated carbocycles. The number of benzene rings is 4. The summed E-state index contributed by atoms with van der Waals surface area (Å²) in [6.45, 7) is 9.54. The third kappa shape index (κ3) is 5.46. The molecule has 4 aromatic carbocycles. The van der Waals surface area contributed by atoms with E-state index in [1.54, 1.807) is 0 Å². The van der Waals surface area contributed by atoms with Gasteiger partial charge in [-0.2, -0.15) is 0 Å². The maximum absolute atomic E-state index is 14.2. The summed E-state index contributed by atoms with van der Waals surface area (Å²) in [5.74, 6) is -1.31. The average molecular weight is 701 g/mol. The monoisotopic (exact) mass is 700 g/mol. The summed E-state index contributed by atoms with van der Waals surface area (Å²) in [5.41, 5.74) is 4.25. The fraction of sp³-hybridized carbons (Fsp3) is 0.429. The van der Waals surface area contributed by atoms with Crippen LogP contribution in [0.1, 0.15) is 107 Å². The molecule has 0 spiro atoms. The summed E-state index contributed by atoms with van der Waals surface area (Å²) in [6.07, 6.45) is 5.90. The number of hydrogen-bond acceptors (Lipinski definition) is 8. The molecule has 0 bridgehead atoms. The summed E-state index contributed by atoms with van der Waals surface area (Å²) in [4.78, 5) is 66.0. The zero-order chi connectivity index (χ0) is 36.3. The molecule has 4 heterocycles. The number of imide groups is 2. The van der Waals surface area contributed by atoms with Crippen LogP contribution in [0, 0.1) is 0 Å². The average Bonchev–Trinajstić information content (AvgIpc) is 3.18. The van der Waals surface area contributed by atoms with Crippen molar-refractivity contribution in [2.24, 2.45) is 0 Å². The first-order chi connectivity index (χ1) is 25.2. The molecular weight excluding hydrogens is 653 g/mol. The van der Waals surface area contributed by atoms with Crippen LogP contribution in [0.5, 0.6) is 0 Å². The Labute approximate surface area is 305 Å². The van der Waals surface area contributed by atoms with Crippen molar-refractivity contribution in [1.29, 1.82) is 0 Å². The van der Waals surface area contributed by atoms with Gasteiger partial charge in [-0.15, -0.1) is 0 Å². The molecule has 4 amide bonds. The van der Waals surface area contributed by atoms with Gasteiger partial charge in [0.1, 0.15) is 0 Å². The van der Waals surface area contributed by atoms with Gasteiger partial charge in [0.05, 0.1) is 18.5 Å². The van der Waals surface area contributed by atoms with Crippen molar-refractivity contribution in [3.8, 4) is 0 Å². The van der Waals surface area contributed by atoms with E-state index in [0.29, 0.717) is 28.7 Å². The Bertz CT molecular complexity index is 2060. The molecule has 10 nitrogen and oxygen atoms in total. The molecule has 1 N–H and O–H groups in total. The van der Waals surface area contributed by atoms with Gasteiger partial charge in [0, 0.05) is 81.4 Å². The standard InChI is InChI=1S/C42H48N6O4/c1-5-36(43-26(2)47-39(49)30-16-12-14-28-34(45-22-8-6-9-23-45)20-18-32(37(28)30)40(47)50)44(4)27(3)48-41(51)31-17-13-15-29-35(46-24-10-7-11-25-46)21-19-33(38(29)31)42(48)52/h12-21,26-27,36,43H,5-11,22-25H2,1-4H3. The normalized spacial score (nSPS) is 19.6. The number of nitrogens with one attached hydrogen (secondary N) is 1. The predicted molar refractivity (Wildman–Crippen MR) is 205 cm³/mol. The van der Waals surface area contributed by atoms with E-state index >= 15 is 0 Å². The zero-order valence-electron chi connectivity index (χ0n) is 30.7. The smallest absolute Gasteiger partial charge is 0.262 e. The van der Waals surface area contributed by atoms with Gasteiger partial charge in [-0.1, -0.05) is 31.2 Å². The van der Waals surface area contributed by atoms with E-state index in [-0.39, 0.29) is 29.8 Å². The third-order valence-corrected chi connectivity index (χ3v) is 11.9. The van der Waals surface area contributed by atoms with E-state index in [4.69, 9.17) is 0 Å². The second-order valence-electron chi connectivity index (χ2n) is 14.8. The molecule has 4 aromatic rings. The number of rotatable bonds is 9. The Kier molecular flexibility index (Phi) is 8.99. The molecule has 3 unspecified atom stereocenters. The highest BCUT2D eigenvalue weighted by Crippen LogP contribution is 2.39. The fourth-order valence-electron chi connectivity index (χ4n) is 9.03. The summed E-state index contributed by atoms with van der Waals surface area (Å²) in [5, 5.41) is 6.84. The Morgan fingerprint density at radius 2 is 1.02 bits per heavy atom. The van der Waals surface area contributed by atoms with Crippen molar-refractivity contribution in [2.45, 2.75) is 84.2 Å². The second-order valence-corrected chi connectivity index (χ2v) is 14.8. The van der Waals surface area contributed by atoms with Gasteiger partial charge in [-0.25, -0.2) is 0 Å². The second kappa shape index (κ2) is 13.6. The Morgan fingerprint density at radius 1 is 0.596 bits per heavy atom. The number of anilines is 2. The molecule has 52 heavy (non-hydrogen) atoms. The molecule has 2 fully saturated rings. The van der Waals surface area contributed by atoms with E-state index in [9.17, 15) is 19.2 Å². The van der Waals surface area contributed by atoms with Gasteiger partial charge in [-0.3, -0.25) is 39.2 Å². The van der Waals surface area contributed by atoms with Crippen LogP contribution in [0.4, 0.5) is 11.4 Å². The van der Waals surface area contributed by atoms with E-state index in [0.717, 1.165) is 84.8 Å². The molecule has 3 atom stereocenters. The fourth-order valence-corrected chi connectivity index (χ4v) is 9.03. The van der Waals surface area contributed by atoms with Gasteiger partial charge >= 0.3 is 0 Å². The summed E-state index contributed by atoms with van der Waals surface area (Å²) in [7, 11) is 1.87. The molecule has 10 heteroatoms. The lowest BCUT2D eigenvalue weighted by Gasteiger charge is -2.42. The highest BCUT2D eigenvalue weighted by atomic mass is 16.2. The summed E-state index contributed by atoms with van der Waals surface area (Å²) in [6, 6.07) is 19.3. The molecule has 8 rings (SSSR count). The minimum absolute atomic E-state index is 0.323. The number of nitrogens with zero attached hydrogens (tertiary/aromatic N) is 5. The van der Waals surface area contributed by atoms with E-state index < -0.39 is 12.3 Å². The largest absolute Gasteiger partial charge is 0.371 e. The Hall–Kier alpha value is -4.80. The van der Waals surface area contributed by atoms with Crippen molar-refractivity contribution in [1.82, 2.24) is 20.0 Å². The Morgan fingerprint density at radius 3 is 1.46 bits per heavy atom. The summed E-state index contributed by atoms with van der Waals surface area (Å²) >= 11 is 0. The van der Waals surface area contributed by atoms with Crippen LogP contribution in [-0.2, 0) is 0 Å². The van der Waals surface area contributed by atoms with Crippen molar-refractivity contribution < 1.29 is 19.2 Å². The van der Waals surface area contributed by atoms with Crippen molar-refractivity contribution >= 4 is 56.5 Å². The topological polar surface area (TPSA) is 96.5 Å². The lowest BCUT2D eigenvalue weighted by molar-refractivity contribution is 0.0153. The number of hydrogen-bond donors (Lipinski definition) is 1. The van der Waals surface area contributed by atoms with Gasteiger partial charge in [0.25, 0.3) is 23.6 Å². The molecule has 4 aliphatic rings. The van der Waals surface area contributed by atoms with E-state index in [2.05, 4.69) is 15.1 Å². The van der Waals surface area contributed by atoms with Gasteiger partial charge in [0.2, 0.25) is 0 Å². The van der Waals surface area contributed by atoms with Crippen LogP contribution in [0.25, 0.3) is 21.5 Å². The lowest BCUT2D eigenvalue weighted by Crippen LogP contribution is -2.61. The van der Waals surface area contributed by atoms with Crippen molar-refractivity contribution in [2.75, 3.05) is 43.0 Å².